The number of rotatable bonds is 8. The lowest BCUT2D eigenvalue weighted by Crippen LogP contribution is -2.44. The van der Waals surface area contributed by atoms with Crippen LogP contribution in [0.25, 0.3) is 0 Å². The van der Waals surface area contributed by atoms with Gasteiger partial charge in [0.05, 0.1) is 30.3 Å². The SMILES string of the molecule is CO[C@@H]1OCC(C(CCOC(=O)c2ccccc2)OC(=O)c2ccccc2)C1(C)F. The molecule has 1 aliphatic rings. The van der Waals surface area contributed by atoms with E-state index < -0.39 is 35.9 Å². The molecule has 2 aromatic rings. The Balaban J connectivity index is 1.69. The molecule has 30 heavy (non-hydrogen) atoms. The van der Waals surface area contributed by atoms with Crippen LogP contribution in [-0.2, 0) is 18.9 Å². The van der Waals surface area contributed by atoms with E-state index in [1.807, 2.05) is 0 Å². The van der Waals surface area contributed by atoms with E-state index in [4.69, 9.17) is 18.9 Å². The summed E-state index contributed by atoms with van der Waals surface area (Å²) in [4.78, 5) is 24.7. The van der Waals surface area contributed by atoms with Crippen molar-refractivity contribution in [3.05, 3.63) is 71.8 Å². The molecule has 0 N–H and O–H groups in total. The quantitative estimate of drug-likeness (QED) is 0.610. The fourth-order valence-corrected chi connectivity index (χ4v) is 3.51. The standard InChI is InChI=1S/C23H25FO6/c1-23(24)18(15-29-22(23)27-2)19(30-21(26)17-11-7-4-8-12-17)13-14-28-20(25)16-9-5-3-6-10-16/h3-12,18-19,22H,13-15H2,1-2H3/t18?,19?,22-,23?/m1/s1. The molecule has 6 nitrogen and oxygen atoms in total. The lowest BCUT2D eigenvalue weighted by atomic mass is 9.87. The van der Waals surface area contributed by atoms with Crippen LogP contribution in [0.3, 0.4) is 0 Å². The van der Waals surface area contributed by atoms with Gasteiger partial charge >= 0.3 is 11.9 Å². The van der Waals surface area contributed by atoms with Crippen molar-refractivity contribution >= 4 is 11.9 Å². The molecular formula is C23H25FO6. The van der Waals surface area contributed by atoms with E-state index >= 15 is 4.39 Å². The van der Waals surface area contributed by atoms with Crippen LogP contribution in [0, 0.1) is 5.92 Å². The maximum atomic E-state index is 15.3. The zero-order chi connectivity index (χ0) is 21.6. The second-order valence-corrected chi connectivity index (χ2v) is 7.26. The van der Waals surface area contributed by atoms with Gasteiger partial charge in [-0.05, 0) is 31.2 Å². The lowest BCUT2D eigenvalue weighted by molar-refractivity contribution is -0.149. The molecule has 1 heterocycles. The van der Waals surface area contributed by atoms with Gasteiger partial charge in [0.25, 0.3) is 0 Å². The molecule has 1 fully saturated rings. The fourth-order valence-electron chi connectivity index (χ4n) is 3.51. The van der Waals surface area contributed by atoms with Gasteiger partial charge in [-0.15, -0.1) is 0 Å². The lowest BCUT2D eigenvalue weighted by Gasteiger charge is -2.31. The van der Waals surface area contributed by atoms with Crippen LogP contribution in [0.4, 0.5) is 4.39 Å². The van der Waals surface area contributed by atoms with Gasteiger partial charge in [-0.2, -0.15) is 0 Å². The van der Waals surface area contributed by atoms with Crippen LogP contribution in [0.1, 0.15) is 34.1 Å². The average molecular weight is 416 g/mol. The molecule has 0 aromatic heterocycles. The summed E-state index contributed by atoms with van der Waals surface area (Å²) >= 11 is 0. The summed E-state index contributed by atoms with van der Waals surface area (Å²) in [7, 11) is 1.36. The van der Waals surface area contributed by atoms with Crippen molar-refractivity contribution < 1.29 is 32.9 Å². The van der Waals surface area contributed by atoms with E-state index in [0.717, 1.165) is 0 Å². The number of carbonyl (C=O) groups excluding carboxylic acids is 2. The van der Waals surface area contributed by atoms with Crippen molar-refractivity contribution in [3.8, 4) is 0 Å². The highest BCUT2D eigenvalue weighted by atomic mass is 19.1. The highest BCUT2D eigenvalue weighted by Gasteiger charge is 2.53. The van der Waals surface area contributed by atoms with Crippen molar-refractivity contribution in [1.29, 1.82) is 0 Å². The molecule has 0 amide bonds. The number of methoxy groups -OCH3 is 1. The largest absolute Gasteiger partial charge is 0.462 e. The molecular weight excluding hydrogens is 391 g/mol. The monoisotopic (exact) mass is 416 g/mol. The number of esters is 2. The molecule has 0 saturated carbocycles. The van der Waals surface area contributed by atoms with Crippen LogP contribution < -0.4 is 0 Å². The first-order valence-corrected chi connectivity index (χ1v) is 9.75. The summed E-state index contributed by atoms with van der Waals surface area (Å²) in [6.45, 7) is 1.34. The third kappa shape index (κ3) is 5.04. The van der Waals surface area contributed by atoms with E-state index in [1.165, 1.54) is 14.0 Å². The summed E-state index contributed by atoms with van der Waals surface area (Å²) in [5, 5.41) is 0. The van der Waals surface area contributed by atoms with Gasteiger partial charge < -0.3 is 18.9 Å². The molecule has 0 spiro atoms. The van der Waals surface area contributed by atoms with Crippen LogP contribution in [0.15, 0.2) is 60.7 Å². The van der Waals surface area contributed by atoms with Gasteiger partial charge in [0.2, 0.25) is 0 Å². The van der Waals surface area contributed by atoms with Gasteiger partial charge in [0.15, 0.2) is 12.0 Å². The molecule has 3 unspecified atom stereocenters. The van der Waals surface area contributed by atoms with Crippen molar-refractivity contribution in [2.45, 2.75) is 31.4 Å². The molecule has 0 aliphatic carbocycles. The number of alkyl halides is 1. The van der Waals surface area contributed by atoms with Crippen LogP contribution in [0.5, 0.6) is 0 Å². The Kier molecular flexibility index (Phi) is 7.18. The molecule has 2 aromatic carbocycles. The number of ether oxygens (including phenoxy) is 4. The third-order valence-corrected chi connectivity index (χ3v) is 5.19. The molecule has 3 rings (SSSR count). The summed E-state index contributed by atoms with van der Waals surface area (Å²) in [5.74, 6) is -1.85. The minimum Gasteiger partial charge on any atom is -0.462 e. The smallest absolute Gasteiger partial charge is 0.338 e. The first-order chi connectivity index (χ1) is 14.4. The zero-order valence-electron chi connectivity index (χ0n) is 17.0. The maximum absolute atomic E-state index is 15.3. The van der Waals surface area contributed by atoms with Gasteiger partial charge in [-0.3, -0.25) is 0 Å². The van der Waals surface area contributed by atoms with E-state index in [-0.39, 0.29) is 19.6 Å². The number of hydrogen-bond donors (Lipinski definition) is 0. The first-order valence-electron chi connectivity index (χ1n) is 9.75. The third-order valence-electron chi connectivity index (χ3n) is 5.19. The number of hydrogen-bond acceptors (Lipinski definition) is 6. The normalized spacial score (nSPS) is 24.2. The highest BCUT2D eigenvalue weighted by molar-refractivity contribution is 5.89. The van der Waals surface area contributed by atoms with Crippen molar-refractivity contribution in [3.63, 3.8) is 0 Å². The van der Waals surface area contributed by atoms with Crippen LogP contribution >= 0.6 is 0 Å². The number of halogens is 1. The van der Waals surface area contributed by atoms with E-state index in [9.17, 15) is 9.59 Å². The Morgan fingerprint density at radius 2 is 1.63 bits per heavy atom. The molecule has 4 atom stereocenters. The van der Waals surface area contributed by atoms with Crippen LogP contribution in [-0.4, -0.2) is 50.3 Å². The van der Waals surface area contributed by atoms with Crippen molar-refractivity contribution in [2.24, 2.45) is 5.92 Å². The summed E-state index contributed by atoms with van der Waals surface area (Å²) in [6, 6.07) is 17.0. The predicted octanol–water partition coefficient (Wildman–Crippen LogP) is 3.81. The maximum Gasteiger partial charge on any atom is 0.338 e. The molecule has 7 heteroatoms. The predicted molar refractivity (Wildman–Crippen MR) is 107 cm³/mol. The van der Waals surface area contributed by atoms with Gasteiger partial charge in [0, 0.05) is 13.5 Å². The number of benzene rings is 2. The fraction of sp³-hybridized carbons (Fsp3) is 0.391. The van der Waals surface area contributed by atoms with Gasteiger partial charge in [0.1, 0.15) is 6.10 Å². The second kappa shape index (κ2) is 9.82. The molecule has 1 aliphatic heterocycles. The minimum atomic E-state index is -1.88. The Bertz CT molecular complexity index is 839. The summed E-state index contributed by atoms with van der Waals surface area (Å²) in [6.07, 6.45) is -1.80. The molecule has 0 radical (unpaired) electrons. The Morgan fingerprint density at radius 3 is 2.17 bits per heavy atom. The van der Waals surface area contributed by atoms with E-state index in [0.29, 0.717) is 11.1 Å². The molecule has 0 bridgehead atoms. The number of carbonyl (C=O) groups is 2. The molecule has 1 saturated heterocycles. The Hall–Kier alpha value is -2.77. The van der Waals surface area contributed by atoms with Gasteiger partial charge in [-0.25, -0.2) is 14.0 Å². The minimum absolute atomic E-state index is 0.0187. The Morgan fingerprint density at radius 1 is 1.07 bits per heavy atom. The van der Waals surface area contributed by atoms with Crippen molar-refractivity contribution in [1.82, 2.24) is 0 Å². The zero-order valence-corrected chi connectivity index (χ0v) is 17.0. The molecule has 160 valence electrons. The summed E-state index contributed by atoms with van der Waals surface area (Å²) < 4.78 is 36.8. The average Bonchev–Trinajstić information content (AvgIpc) is 3.07. The van der Waals surface area contributed by atoms with Crippen LogP contribution in [0.2, 0.25) is 0 Å². The topological polar surface area (TPSA) is 71.1 Å². The van der Waals surface area contributed by atoms with E-state index in [1.54, 1.807) is 60.7 Å². The second-order valence-electron chi connectivity index (χ2n) is 7.26. The van der Waals surface area contributed by atoms with Gasteiger partial charge in [-0.1, -0.05) is 36.4 Å². The highest BCUT2D eigenvalue weighted by Crippen LogP contribution is 2.39. The van der Waals surface area contributed by atoms with Crippen molar-refractivity contribution in [2.75, 3.05) is 20.3 Å². The first kappa shape index (κ1) is 21.9. The van der Waals surface area contributed by atoms with E-state index in [2.05, 4.69) is 0 Å². The summed E-state index contributed by atoms with van der Waals surface area (Å²) in [5.41, 5.74) is -1.11. The Labute approximate surface area is 174 Å².